The molecule has 7 heteroatoms. The third-order valence-corrected chi connectivity index (χ3v) is 3.54. The molecule has 0 fully saturated rings. The number of carbonyl (C=O) groups excluding carboxylic acids is 1. The van der Waals surface area contributed by atoms with Crippen LogP contribution in [0.2, 0.25) is 0 Å². The Morgan fingerprint density at radius 3 is 2.74 bits per heavy atom. The number of hydrogen-bond acceptors (Lipinski definition) is 4. The first kappa shape index (κ1) is 17.0. The largest absolute Gasteiger partial charge is 0.382 e. The van der Waals surface area contributed by atoms with Crippen molar-refractivity contribution in [1.29, 1.82) is 0 Å². The van der Waals surface area contributed by atoms with Crippen LogP contribution in [0, 0.1) is 0 Å². The summed E-state index contributed by atoms with van der Waals surface area (Å²) in [5.41, 5.74) is 0.782. The summed E-state index contributed by atoms with van der Waals surface area (Å²) in [5, 5.41) is 7.10. The molecule has 0 spiro atoms. The van der Waals surface area contributed by atoms with Crippen molar-refractivity contribution in [3.05, 3.63) is 42.4 Å². The van der Waals surface area contributed by atoms with Crippen LogP contribution < -0.4 is 5.32 Å². The van der Waals surface area contributed by atoms with Gasteiger partial charge < -0.3 is 9.64 Å². The van der Waals surface area contributed by atoms with Crippen molar-refractivity contribution in [2.45, 2.75) is 25.9 Å². The Labute approximate surface area is 136 Å². The van der Waals surface area contributed by atoms with Gasteiger partial charge in [0.1, 0.15) is 5.82 Å². The van der Waals surface area contributed by atoms with E-state index in [-0.39, 0.29) is 18.1 Å². The lowest BCUT2D eigenvalue weighted by atomic mass is 10.2. The lowest BCUT2D eigenvalue weighted by Gasteiger charge is -2.27. The molecule has 0 aliphatic rings. The van der Waals surface area contributed by atoms with Gasteiger partial charge in [-0.1, -0.05) is 6.07 Å². The van der Waals surface area contributed by atoms with Crippen LogP contribution in [0.5, 0.6) is 0 Å². The number of carbonyl (C=O) groups is 1. The van der Waals surface area contributed by atoms with E-state index in [9.17, 15) is 4.79 Å². The fourth-order valence-electron chi connectivity index (χ4n) is 2.29. The molecule has 0 saturated carbocycles. The molecule has 2 aromatic heterocycles. The average Bonchev–Trinajstić information content (AvgIpc) is 3.01. The highest BCUT2D eigenvalue weighted by Gasteiger charge is 2.23. The third kappa shape index (κ3) is 4.07. The number of nitrogens with one attached hydrogen (secondary N) is 1. The molecule has 1 N–H and O–H groups in total. The molecule has 0 radical (unpaired) electrons. The monoisotopic (exact) mass is 317 g/mol. The molecule has 2 heterocycles. The molecule has 2 aromatic rings. The number of urea groups is 1. The van der Waals surface area contributed by atoms with Crippen LogP contribution in [0.1, 0.15) is 31.6 Å². The molecule has 7 nitrogen and oxygen atoms in total. The summed E-state index contributed by atoms with van der Waals surface area (Å²) >= 11 is 0. The van der Waals surface area contributed by atoms with Crippen molar-refractivity contribution in [1.82, 2.24) is 19.7 Å². The van der Waals surface area contributed by atoms with E-state index in [1.54, 1.807) is 42.2 Å². The zero-order valence-corrected chi connectivity index (χ0v) is 13.9. The van der Waals surface area contributed by atoms with Crippen LogP contribution in [-0.4, -0.2) is 46.5 Å². The van der Waals surface area contributed by atoms with Crippen LogP contribution >= 0.6 is 0 Å². The molecule has 2 rings (SSSR count). The van der Waals surface area contributed by atoms with Gasteiger partial charge >= 0.3 is 6.03 Å². The first-order valence-corrected chi connectivity index (χ1v) is 7.51. The van der Waals surface area contributed by atoms with E-state index in [4.69, 9.17) is 4.74 Å². The highest BCUT2D eigenvalue weighted by molar-refractivity contribution is 5.88. The Balaban J connectivity index is 2.14. The van der Waals surface area contributed by atoms with Gasteiger partial charge in [-0.05, 0) is 26.0 Å². The summed E-state index contributed by atoms with van der Waals surface area (Å²) in [4.78, 5) is 18.5. The van der Waals surface area contributed by atoms with E-state index in [0.29, 0.717) is 12.4 Å². The lowest BCUT2D eigenvalue weighted by molar-refractivity contribution is 0.119. The van der Waals surface area contributed by atoms with Crippen LogP contribution in [0.25, 0.3) is 0 Å². The predicted molar refractivity (Wildman–Crippen MR) is 88.2 cm³/mol. The quantitative estimate of drug-likeness (QED) is 0.889. The first-order valence-electron chi connectivity index (χ1n) is 7.51. The van der Waals surface area contributed by atoms with Crippen LogP contribution in [0.15, 0.2) is 36.7 Å². The Bertz CT molecular complexity index is 626. The number of pyridine rings is 1. The van der Waals surface area contributed by atoms with Gasteiger partial charge in [0.25, 0.3) is 0 Å². The van der Waals surface area contributed by atoms with E-state index in [0.717, 1.165) is 5.69 Å². The SMILES string of the molecule is COCC(c1ccccn1)N(C)C(=O)Nc1ccnn1C(C)C. The Morgan fingerprint density at radius 2 is 2.13 bits per heavy atom. The summed E-state index contributed by atoms with van der Waals surface area (Å²) in [6.07, 6.45) is 3.37. The number of methoxy groups -OCH3 is 1. The molecule has 1 atom stereocenters. The summed E-state index contributed by atoms with van der Waals surface area (Å²) in [7, 11) is 3.33. The van der Waals surface area contributed by atoms with E-state index >= 15 is 0 Å². The van der Waals surface area contributed by atoms with Crippen molar-refractivity contribution >= 4 is 11.8 Å². The fraction of sp³-hybridized carbons (Fsp3) is 0.438. The summed E-state index contributed by atoms with van der Waals surface area (Å²) in [6.45, 7) is 4.38. The van der Waals surface area contributed by atoms with Gasteiger partial charge in [0.15, 0.2) is 0 Å². The van der Waals surface area contributed by atoms with Gasteiger partial charge in [-0.25, -0.2) is 9.48 Å². The maximum absolute atomic E-state index is 12.6. The van der Waals surface area contributed by atoms with Gasteiger partial charge in [0, 0.05) is 32.5 Å². The van der Waals surface area contributed by atoms with Gasteiger partial charge in [-0.2, -0.15) is 5.10 Å². The number of rotatable bonds is 6. The number of anilines is 1. The van der Waals surface area contributed by atoms with Crippen molar-refractivity contribution < 1.29 is 9.53 Å². The molecule has 1 unspecified atom stereocenters. The molecule has 0 bridgehead atoms. The maximum Gasteiger partial charge on any atom is 0.323 e. The third-order valence-electron chi connectivity index (χ3n) is 3.54. The lowest BCUT2D eigenvalue weighted by Crippen LogP contribution is -2.37. The minimum Gasteiger partial charge on any atom is -0.382 e. The Kier molecular flexibility index (Phi) is 5.70. The Morgan fingerprint density at radius 1 is 1.35 bits per heavy atom. The van der Waals surface area contributed by atoms with E-state index in [1.165, 1.54) is 0 Å². The normalized spacial score (nSPS) is 12.2. The molecule has 0 aliphatic carbocycles. The fourth-order valence-corrected chi connectivity index (χ4v) is 2.29. The molecular formula is C16H23N5O2. The standard InChI is InChI=1S/C16H23N5O2/c1-12(2)21-15(8-10-18-21)19-16(22)20(3)14(11-23-4)13-7-5-6-9-17-13/h5-10,12,14H,11H2,1-4H3,(H,19,22). The molecule has 0 aromatic carbocycles. The number of nitrogens with zero attached hydrogens (tertiary/aromatic N) is 4. The van der Waals surface area contributed by atoms with Crippen LogP contribution in [-0.2, 0) is 4.74 Å². The smallest absolute Gasteiger partial charge is 0.323 e. The zero-order chi connectivity index (χ0) is 16.8. The van der Waals surface area contributed by atoms with E-state index in [2.05, 4.69) is 15.4 Å². The minimum atomic E-state index is -0.267. The highest BCUT2D eigenvalue weighted by Crippen LogP contribution is 2.20. The molecule has 0 saturated heterocycles. The topological polar surface area (TPSA) is 72.3 Å². The van der Waals surface area contributed by atoms with Gasteiger partial charge in [-0.3, -0.25) is 10.3 Å². The highest BCUT2D eigenvalue weighted by atomic mass is 16.5. The van der Waals surface area contributed by atoms with Crippen molar-refractivity contribution in [3.63, 3.8) is 0 Å². The summed E-state index contributed by atoms with van der Waals surface area (Å²) in [6, 6.07) is 7.05. The molecule has 0 aliphatic heterocycles. The van der Waals surface area contributed by atoms with Crippen LogP contribution in [0.3, 0.4) is 0 Å². The number of ether oxygens (including phenoxy) is 1. The van der Waals surface area contributed by atoms with Crippen LogP contribution in [0.4, 0.5) is 10.6 Å². The molecule has 23 heavy (non-hydrogen) atoms. The second-order valence-electron chi connectivity index (χ2n) is 5.52. The first-order chi connectivity index (χ1) is 11.0. The Hall–Kier alpha value is -2.41. The van der Waals surface area contributed by atoms with Crippen molar-refractivity contribution in [2.24, 2.45) is 0 Å². The van der Waals surface area contributed by atoms with Gasteiger partial charge in [-0.15, -0.1) is 0 Å². The van der Waals surface area contributed by atoms with Gasteiger partial charge in [0.05, 0.1) is 24.5 Å². The van der Waals surface area contributed by atoms with E-state index < -0.39 is 0 Å². The molecular weight excluding hydrogens is 294 g/mol. The number of hydrogen-bond donors (Lipinski definition) is 1. The summed E-state index contributed by atoms with van der Waals surface area (Å²) in [5.74, 6) is 0.661. The second kappa shape index (κ2) is 7.73. The number of aromatic nitrogens is 3. The average molecular weight is 317 g/mol. The zero-order valence-electron chi connectivity index (χ0n) is 13.9. The second-order valence-corrected chi connectivity index (χ2v) is 5.52. The van der Waals surface area contributed by atoms with Crippen molar-refractivity contribution in [2.75, 3.05) is 26.1 Å². The molecule has 2 amide bonds. The number of amides is 2. The molecule has 124 valence electrons. The maximum atomic E-state index is 12.6. The number of likely N-dealkylation sites (N-methyl/N-ethyl adjacent to an activating group) is 1. The van der Waals surface area contributed by atoms with Gasteiger partial charge in [0.2, 0.25) is 0 Å². The predicted octanol–water partition coefficient (Wildman–Crippen LogP) is 2.71. The minimum absolute atomic E-state index is 0.163. The van der Waals surface area contributed by atoms with E-state index in [1.807, 2.05) is 32.0 Å². The van der Waals surface area contributed by atoms with Crippen molar-refractivity contribution in [3.8, 4) is 0 Å². The summed E-state index contributed by atoms with van der Waals surface area (Å²) < 4.78 is 7.01.